The highest BCUT2D eigenvalue weighted by atomic mass is 32.1. The van der Waals surface area contributed by atoms with E-state index in [9.17, 15) is 13.6 Å². The van der Waals surface area contributed by atoms with Crippen LogP contribution in [-0.2, 0) is 6.54 Å². The van der Waals surface area contributed by atoms with E-state index in [0.29, 0.717) is 32.7 Å². The number of ether oxygens (including phenoxy) is 2. The Bertz CT molecular complexity index is 1050. The fourth-order valence-corrected chi connectivity index (χ4v) is 4.41. The predicted molar refractivity (Wildman–Crippen MR) is 118 cm³/mol. The van der Waals surface area contributed by atoms with Gasteiger partial charge in [0.2, 0.25) is 0 Å². The fraction of sp³-hybridized carbons (Fsp3) is 0.304. The number of aromatic nitrogens is 1. The smallest absolute Gasteiger partial charge is 0.387 e. The van der Waals surface area contributed by atoms with Crippen LogP contribution in [0.25, 0.3) is 10.6 Å². The van der Waals surface area contributed by atoms with Crippen molar-refractivity contribution in [3.63, 3.8) is 0 Å². The van der Waals surface area contributed by atoms with Gasteiger partial charge in [0, 0.05) is 43.7 Å². The van der Waals surface area contributed by atoms with Gasteiger partial charge >= 0.3 is 6.61 Å². The standard InChI is InChI=1S/C23H23F2N3O3S/c1-30-18-8-6-16(7-9-18)21-26-17(15-32-21)14-27-10-12-28(13-11-27)22(29)19-4-2-3-5-20(19)31-23(24)25/h2-9,15,23H,10-14H2,1H3. The number of carbonyl (C=O) groups is 1. The van der Waals surface area contributed by atoms with Crippen LogP contribution >= 0.6 is 11.3 Å². The SMILES string of the molecule is COc1ccc(-c2nc(CN3CCN(C(=O)c4ccccc4OC(F)F)CC3)cs2)cc1. The van der Waals surface area contributed by atoms with E-state index in [0.717, 1.165) is 22.0 Å². The van der Waals surface area contributed by atoms with E-state index < -0.39 is 6.61 Å². The van der Waals surface area contributed by atoms with Gasteiger partial charge in [0.15, 0.2) is 0 Å². The van der Waals surface area contributed by atoms with Crippen molar-refractivity contribution in [2.24, 2.45) is 0 Å². The first kappa shape index (κ1) is 22.2. The number of para-hydroxylation sites is 1. The summed E-state index contributed by atoms with van der Waals surface area (Å²) in [5.74, 6) is 0.418. The minimum absolute atomic E-state index is 0.0940. The summed E-state index contributed by atoms with van der Waals surface area (Å²) in [6.45, 7) is 0.105. The molecule has 2 heterocycles. The Hall–Kier alpha value is -3.04. The zero-order chi connectivity index (χ0) is 22.5. The first-order valence-corrected chi connectivity index (χ1v) is 11.1. The van der Waals surface area contributed by atoms with Crippen LogP contribution in [0, 0.1) is 0 Å². The Balaban J connectivity index is 1.34. The summed E-state index contributed by atoms with van der Waals surface area (Å²) in [4.78, 5) is 21.5. The van der Waals surface area contributed by atoms with E-state index in [1.54, 1.807) is 35.5 Å². The minimum atomic E-state index is -2.97. The molecule has 0 spiro atoms. The van der Waals surface area contributed by atoms with Crippen molar-refractivity contribution in [3.8, 4) is 22.1 Å². The molecule has 6 nitrogen and oxygen atoms in total. The van der Waals surface area contributed by atoms with Gasteiger partial charge in [0.05, 0.1) is 18.4 Å². The molecule has 2 aromatic carbocycles. The maximum atomic E-state index is 12.8. The molecule has 9 heteroatoms. The molecule has 3 aromatic rings. The molecule has 4 rings (SSSR count). The summed E-state index contributed by atoms with van der Waals surface area (Å²) >= 11 is 1.60. The molecule has 1 aliphatic rings. The second-order valence-electron chi connectivity index (χ2n) is 7.32. The highest BCUT2D eigenvalue weighted by Crippen LogP contribution is 2.27. The number of halogens is 2. The Morgan fingerprint density at radius 2 is 1.81 bits per heavy atom. The number of amides is 1. The number of piperazine rings is 1. The molecule has 1 amide bonds. The zero-order valence-corrected chi connectivity index (χ0v) is 18.4. The molecule has 0 unspecified atom stereocenters. The number of carbonyl (C=O) groups excluding carboxylic acids is 1. The largest absolute Gasteiger partial charge is 0.497 e. The Morgan fingerprint density at radius 3 is 2.50 bits per heavy atom. The highest BCUT2D eigenvalue weighted by molar-refractivity contribution is 7.13. The molecule has 0 N–H and O–H groups in total. The summed E-state index contributed by atoms with van der Waals surface area (Å²) in [7, 11) is 1.64. The molecule has 1 saturated heterocycles. The van der Waals surface area contributed by atoms with Crippen LogP contribution in [0.3, 0.4) is 0 Å². The molecule has 0 saturated carbocycles. The number of rotatable bonds is 7. The molecule has 32 heavy (non-hydrogen) atoms. The van der Waals surface area contributed by atoms with Crippen molar-refractivity contribution >= 4 is 17.2 Å². The van der Waals surface area contributed by atoms with Gasteiger partial charge in [-0.15, -0.1) is 11.3 Å². The summed E-state index contributed by atoms with van der Waals surface area (Å²) in [5, 5.41) is 3.00. The normalized spacial score (nSPS) is 14.6. The van der Waals surface area contributed by atoms with Crippen molar-refractivity contribution in [1.29, 1.82) is 0 Å². The Labute approximate surface area is 189 Å². The third kappa shape index (κ3) is 5.23. The molecule has 0 radical (unpaired) electrons. The van der Waals surface area contributed by atoms with Crippen molar-refractivity contribution in [3.05, 3.63) is 65.2 Å². The summed E-state index contributed by atoms with van der Waals surface area (Å²) in [5.41, 5.74) is 2.18. The number of hydrogen-bond acceptors (Lipinski definition) is 6. The van der Waals surface area contributed by atoms with Crippen LogP contribution in [0.4, 0.5) is 8.78 Å². The van der Waals surface area contributed by atoms with E-state index in [1.807, 2.05) is 24.3 Å². The number of nitrogens with zero attached hydrogens (tertiary/aromatic N) is 3. The van der Waals surface area contributed by atoms with Crippen molar-refractivity contribution < 1.29 is 23.0 Å². The minimum Gasteiger partial charge on any atom is -0.497 e. The fourth-order valence-electron chi connectivity index (χ4n) is 3.60. The van der Waals surface area contributed by atoms with Gasteiger partial charge in [-0.25, -0.2) is 4.98 Å². The number of alkyl halides is 2. The summed E-state index contributed by atoms with van der Waals surface area (Å²) in [6.07, 6.45) is 0. The van der Waals surface area contributed by atoms with Crippen LogP contribution in [0.2, 0.25) is 0 Å². The first-order valence-electron chi connectivity index (χ1n) is 10.2. The van der Waals surface area contributed by atoms with Crippen molar-refractivity contribution in [2.75, 3.05) is 33.3 Å². The van der Waals surface area contributed by atoms with Crippen LogP contribution in [-0.4, -0.2) is 60.6 Å². The van der Waals surface area contributed by atoms with Gasteiger partial charge < -0.3 is 14.4 Å². The Morgan fingerprint density at radius 1 is 1.09 bits per heavy atom. The monoisotopic (exact) mass is 459 g/mol. The third-order valence-corrected chi connectivity index (χ3v) is 6.21. The topological polar surface area (TPSA) is 54.9 Å². The predicted octanol–water partition coefficient (Wildman–Crippen LogP) is 4.38. The van der Waals surface area contributed by atoms with E-state index in [-0.39, 0.29) is 17.2 Å². The van der Waals surface area contributed by atoms with Crippen molar-refractivity contribution in [2.45, 2.75) is 13.2 Å². The Kier molecular flexibility index (Phi) is 6.96. The third-order valence-electron chi connectivity index (χ3n) is 5.27. The summed E-state index contributed by atoms with van der Waals surface area (Å²) in [6, 6.07) is 13.9. The van der Waals surface area contributed by atoms with Gasteiger partial charge in [0.1, 0.15) is 16.5 Å². The lowest BCUT2D eigenvalue weighted by Gasteiger charge is -2.34. The van der Waals surface area contributed by atoms with E-state index >= 15 is 0 Å². The van der Waals surface area contributed by atoms with Gasteiger partial charge in [-0.1, -0.05) is 12.1 Å². The molecular weight excluding hydrogens is 436 g/mol. The van der Waals surface area contributed by atoms with Crippen LogP contribution in [0.1, 0.15) is 16.1 Å². The molecule has 0 aliphatic carbocycles. The maximum Gasteiger partial charge on any atom is 0.387 e. The molecule has 1 aliphatic heterocycles. The summed E-state index contributed by atoms with van der Waals surface area (Å²) < 4.78 is 35.0. The van der Waals surface area contributed by atoms with E-state index in [1.165, 1.54) is 12.1 Å². The number of benzene rings is 2. The van der Waals surface area contributed by atoms with E-state index in [4.69, 9.17) is 9.72 Å². The first-order chi connectivity index (χ1) is 15.5. The van der Waals surface area contributed by atoms with Crippen LogP contribution < -0.4 is 9.47 Å². The molecule has 1 fully saturated rings. The number of thiazole rings is 1. The average molecular weight is 460 g/mol. The molecule has 0 atom stereocenters. The number of hydrogen-bond donors (Lipinski definition) is 0. The van der Waals surface area contributed by atoms with E-state index in [2.05, 4.69) is 15.0 Å². The molecular formula is C23H23F2N3O3S. The van der Waals surface area contributed by atoms with Gasteiger partial charge in [-0.05, 0) is 36.4 Å². The lowest BCUT2D eigenvalue weighted by Crippen LogP contribution is -2.48. The second kappa shape index (κ2) is 10.1. The second-order valence-corrected chi connectivity index (χ2v) is 8.17. The quantitative estimate of drug-likeness (QED) is 0.525. The molecule has 168 valence electrons. The average Bonchev–Trinajstić information content (AvgIpc) is 3.27. The number of methoxy groups -OCH3 is 1. The molecule has 1 aromatic heterocycles. The van der Waals surface area contributed by atoms with Gasteiger partial charge in [0.25, 0.3) is 5.91 Å². The van der Waals surface area contributed by atoms with Crippen LogP contribution in [0.15, 0.2) is 53.9 Å². The lowest BCUT2D eigenvalue weighted by atomic mass is 10.1. The zero-order valence-electron chi connectivity index (χ0n) is 17.5. The highest BCUT2D eigenvalue weighted by Gasteiger charge is 2.25. The maximum absolute atomic E-state index is 12.8. The lowest BCUT2D eigenvalue weighted by molar-refractivity contribution is -0.0503. The van der Waals surface area contributed by atoms with Crippen LogP contribution in [0.5, 0.6) is 11.5 Å². The van der Waals surface area contributed by atoms with Gasteiger partial charge in [-0.2, -0.15) is 8.78 Å². The van der Waals surface area contributed by atoms with Crippen molar-refractivity contribution in [1.82, 2.24) is 14.8 Å². The molecule has 0 bridgehead atoms. The van der Waals surface area contributed by atoms with Gasteiger partial charge in [-0.3, -0.25) is 9.69 Å².